The summed E-state index contributed by atoms with van der Waals surface area (Å²) in [6.45, 7) is 3.69. The number of amidine groups is 1. The summed E-state index contributed by atoms with van der Waals surface area (Å²) in [7, 11) is 0. The molecule has 3 N–H and O–H groups in total. The molecule has 1 rings (SSSR count). The third-order valence-electron chi connectivity index (χ3n) is 0.927. The van der Waals surface area contributed by atoms with Crippen LogP contribution in [0.3, 0.4) is 0 Å². The van der Waals surface area contributed by atoms with Gasteiger partial charge in [0.25, 0.3) is 0 Å². The van der Waals surface area contributed by atoms with Crippen LogP contribution in [0.15, 0.2) is 12.1 Å². The molecule has 0 aliphatic heterocycles. The molecule has 1 aromatic heterocycles. The monoisotopic (exact) mass is 139 g/mol. The molecule has 0 spiro atoms. The first-order valence-electron chi connectivity index (χ1n) is 2.46. The summed E-state index contributed by atoms with van der Waals surface area (Å²) in [5, 5.41) is 7.01. The molecule has 1 aromatic rings. The second-order valence-electron chi connectivity index (χ2n) is 1.68. The molecule has 0 unspecified atom stereocenters. The largest absolute Gasteiger partial charge is 0.383 e. The van der Waals surface area contributed by atoms with E-state index in [1.54, 1.807) is 6.07 Å². The maximum Gasteiger partial charge on any atom is 0.133 e. The summed E-state index contributed by atoms with van der Waals surface area (Å²) in [4.78, 5) is 1.74. The van der Waals surface area contributed by atoms with Crippen molar-refractivity contribution in [2.45, 2.75) is 0 Å². The van der Waals surface area contributed by atoms with Gasteiger partial charge < -0.3 is 5.73 Å². The Labute approximate surface area is 57.8 Å². The second kappa shape index (κ2) is 2.19. The fourth-order valence-electron chi connectivity index (χ4n) is 0.523. The van der Waals surface area contributed by atoms with Crippen molar-refractivity contribution >= 4 is 17.2 Å². The predicted molar refractivity (Wildman–Crippen MR) is 39.8 cm³/mol. The zero-order chi connectivity index (χ0) is 6.85. The Morgan fingerprint density at radius 2 is 2.33 bits per heavy atom. The maximum absolute atomic E-state index is 7.01. The number of thiophene rings is 1. The van der Waals surface area contributed by atoms with E-state index >= 15 is 0 Å². The second-order valence-corrected chi connectivity index (χ2v) is 2.85. The topological polar surface area (TPSA) is 49.9 Å². The molecule has 2 nitrogen and oxygen atoms in total. The van der Waals surface area contributed by atoms with E-state index in [-0.39, 0.29) is 5.84 Å². The van der Waals surface area contributed by atoms with Crippen molar-refractivity contribution in [3.8, 4) is 0 Å². The summed E-state index contributed by atoms with van der Waals surface area (Å²) in [5.74, 6) is 0.120. The van der Waals surface area contributed by atoms with Gasteiger partial charge in [-0.2, -0.15) is 0 Å². The molecule has 9 heavy (non-hydrogen) atoms. The first-order chi connectivity index (χ1) is 4.20. The molecule has 0 saturated carbocycles. The van der Waals surface area contributed by atoms with Gasteiger partial charge in [-0.05, 0) is 19.1 Å². The number of nitrogens with two attached hydrogens (primary N) is 1. The lowest BCUT2D eigenvalue weighted by Gasteiger charge is -1.86. The Kier molecular flexibility index (Phi) is 1.53. The molecule has 0 aromatic carbocycles. The number of nitrogens with one attached hydrogen (secondary N) is 1. The summed E-state index contributed by atoms with van der Waals surface area (Å²) in [6, 6.07) is 3.65. The van der Waals surface area contributed by atoms with Crippen LogP contribution in [0, 0.1) is 12.3 Å². The van der Waals surface area contributed by atoms with Crippen molar-refractivity contribution in [3.05, 3.63) is 28.8 Å². The maximum atomic E-state index is 7.01. The van der Waals surface area contributed by atoms with Gasteiger partial charge in [0.05, 0.1) is 4.88 Å². The predicted octanol–water partition coefficient (Wildman–Crippen LogP) is 1.21. The van der Waals surface area contributed by atoms with Crippen molar-refractivity contribution < 1.29 is 0 Å². The van der Waals surface area contributed by atoms with Gasteiger partial charge >= 0.3 is 0 Å². The molecule has 0 saturated heterocycles. The van der Waals surface area contributed by atoms with E-state index < -0.39 is 0 Å². The molecule has 0 amide bonds. The zero-order valence-electron chi connectivity index (χ0n) is 4.85. The van der Waals surface area contributed by atoms with Crippen molar-refractivity contribution in [1.82, 2.24) is 0 Å². The highest BCUT2D eigenvalue weighted by Gasteiger charge is 1.96. The van der Waals surface area contributed by atoms with Crippen molar-refractivity contribution in [2.75, 3.05) is 0 Å². The Balaban J connectivity index is 2.98. The molecule has 3 heteroatoms. The standard InChI is InChI=1S/C6H7N2S/c1-4-2-3-5(9-4)6(7)8/h2-3H,1H2,(H3,7,8). The molecule has 0 aliphatic carbocycles. The molecule has 0 aliphatic rings. The van der Waals surface area contributed by atoms with Gasteiger partial charge in [-0.3, -0.25) is 5.41 Å². The molecule has 1 radical (unpaired) electrons. The summed E-state index contributed by atoms with van der Waals surface area (Å²) < 4.78 is 0. The minimum absolute atomic E-state index is 0.120. The fraction of sp³-hybridized carbons (Fsp3) is 0. The van der Waals surface area contributed by atoms with E-state index in [1.165, 1.54) is 11.3 Å². The average molecular weight is 139 g/mol. The van der Waals surface area contributed by atoms with Crippen LogP contribution in [0.2, 0.25) is 0 Å². The van der Waals surface area contributed by atoms with Crippen LogP contribution in [-0.4, -0.2) is 5.84 Å². The average Bonchev–Trinajstić information content (AvgIpc) is 2.14. The van der Waals surface area contributed by atoms with Crippen molar-refractivity contribution in [2.24, 2.45) is 5.73 Å². The number of nitrogen functional groups attached to an aromatic ring is 1. The van der Waals surface area contributed by atoms with Gasteiger partial charge in [0, 0.05) is 4.88 Å². The van der Waals surface area contributed by atoms with Crippen LogP contribution in [0.5, 0.6) is 0 Å². The molecular formula is C6H7N2S. The Morgan fingerprint density at radius 1 is 1.67 bits per heavy atom. The SMILES string of the molecule is [CH2]c1ccc(C(=N)N)s1. The van der Waals surface area contributed by atoms with Gasteiger partial charge in [-0.25, -0.2) is 0 Å². The van der Waals surface area contributed by atoms with E-state index in [2.05, 4.69) is 6.92 Å². The van der Waals surface area contributed by atoms with Crippen molar-refractivity contribution in [1.29, 1.82) is 5.41 Å². The van der Waals surface area contributed by atoms with Crippen LogP contribution < -0.4 is 5.73 Å². The highest BCUT2D eigenvalue weighted by molar-refractivity contribution is 7.14. The lowest BCUT2D eigenvalue weighted by atomic mass is 10.4. The Morgan fingerprint density at radius 3 is 2.56 bits per heavy atom. The Bertz CT molecular complexity index is 227. The first-order valence-corrected chi connectivity index (χ1v) is 3.28. The van der Waals surface area contributed by atoms with Gasteiger partial charge in [0.1, 0.15) is 5.84 Å². The molecule has 0 fully saturated rings. The van der Waals surface area contributed by atoms with Gasteiger partial charge in [0.2, 0.25) is 0 Å². The molecular weight excluding hydrogens is 132 g/mol. The fourth-order valence-corrected chi connectivity index (χ4v) is 1.19. The zero-order valence-corrected chi connectivity index (χ0v) is 5.66. The molecule has 0 atom stereocenters. The van der Waals surface area contributed by atoms with Gasteiger partial charge in [-0.1, -0.05) is 0 Å². The Hall–Kier alpha value is -0.830. The number of rotatable bonds is 1. The quantitative estimate of drug-likeness (QED) is 0.446. The number of hydrogen-bond acceptors (Lipinski definition) is 2. The van der Waals surface area contributed by atoms with E-state index in [0.717, 1.165) is 9.75 Å². The van der Waals surface area contributed by atoms with Crippen LogP contribution in [0.25, 0.3) is 0 Å². The lowest BCUT2D eigenvalue weighted by molar-refractivity contribution is 1.45. The minimum atomic E-state index is 0.120. The highest BCUT2D eigenvalue weighted by Crippen LogP contribution is 2.13. The summed E-state index contributed by atoms with van der Waals surface area (Å²) in [5.41, 5.74) is 5.19. The third kappa shape index (κ3) is 1.29. The van der Waals surface area contributed by atoms with Crippen LogP contribution >= 0.6 is 11.3 Å². The first kappa shape index (κ1) is 6.29. The molecule has 0 bridgehead atoms. The molecule has 47 valence electrons. The smallest absolute Gasteiger partial charge is 0.133 e. The van der Waals surface area contributed by atoms with E-state index in [9.17, 15) is 0 Å². The molecule has 1 heterocycles. The van der Waals surface area contributed by atoms with Crippen molar-refractivity contribution in [3.63, 3.8) is 0 Å². The van der Waals surface area contributed by atoms with E-state index in [4.69, 9.17) is 11.1 Å². The minimum Gasteiger partial charge on any atom is -0.383 e. The van der Waals surface area contributed by atoms with Gasteiger partial charge in [-0.15, -0.1) is 11.3 Å². The third-order valence-corrected chi connectivity index (χ3v) is 1.90. The highest BCUT2D eigenvalue weighted by atomic mass is 32.1. The number of hydrogen-bond donors (Lipinski definition) is 2. The summed E-state index contributed by atoms with van der Waals surface area (Å²) >= 11 is 1.44. The lowest BCUT2D eigenvalue weighted by Crippen LogP contribution is -2.08. The van der Waals surface area contributed by atoms with E-state index in [1.807, 2.05) is 6.07 Å². The van der Waals surface area contributed by atoms with E-state index in [0.29, 0.717) is 0 Å². The normalized spacial score (nSPS) is 9.44. The summed E-state index contributed by atoms with van der Waals surface area (Å²) in [6.07, 6.45) is 0. The van der Waals surface area contributed by atoms with Gasteiger partial charge in [0.15, 0.2) is 0 Å². The van der Waals surface area contributed by atoms with Crippen LogP contribution in [0.1, 0.15) is 9.75 Å². The van der Waals surface area contributed by atoms with Crippen LogP contribution in [0.4, 0.5) is 0 Å². The van der Waals surface area contributed by atoms with Crippen LogP contribution in [-0.2, 0) is 0 Å².